The second kappa shape index (κ2) is 6.62. The molecule has 0 aromatic carbocycles. The minimum absolute atomic E-state index is 0.102. The lowest BCUT2D eigenvalue weighted by atomic mass is 10.2. The van der Waals surface area contributed by atoms with E-state index in [4.69, 9.17) is 0 Å². The number of hydrogen-bond donors (Lipinski definition) is 0. The average Bonchev–Trinajstić information content (AvgIpc) is 2.97. The fraction of sp³-hybridized carbons (Fsp3) is 0.500. The number of hydrogen-bond acceptors (Lipinski definition) is 6. The highest BCUT2D eigenvalue weighted by Crippen LogP contribution is 2.26. The van der Waals surface area contributed by atoms with Crippen LogP contribution in [0.5, 0.6) is 0 Å². The summed E-state index contributed by atoms with van der Waals surface area (Å²) in [6.07, 6.45) is 5.13. The van der Waals surface area contributed by atoms with Crippen LogP contribution in [0.15, 0.2) is 18.6 Å². The molecular weight excluding hydrogens is 310 g/mol. The van der Waals surface area contributed by atoms with Gasteiger partial charge in [-0.2, -0.15) is 0 Å². The van der Waals surface area contributed by atoms with Gasteiger partial charge in [0.15, 0.2) is 0 Å². The predicted molar refractivity (Wildman–Crippen MR) is 91.1 cm³/mol. The second-order valence-corrected chi connectivity index (χ2v) is 6.99. The fourth-order valence-corrected chi connectivity index (χ4v) is 3.64. The maximum atomic E-state index is 12.7. The number of carbonyl (C=O) groups excluding carboxylic acids is 1. The van der Waals surface area contributed by atoms with Gasteiger partial charge in [0.05, 0.1) is 16.9 Å². The summed E-state index contributed by atoms with van der Waals surface area (Å²) in [4.78, 5) is 30.6. The zero-order chi connectivity index (χ0) is 16.4. The first-order valence-electron chi connectivity index (χ1n) is 7.84. The van der Waals surface area contributed by atoms with Crippen molar-refractivity contribution in [1.82, 2.24) is 19.9 Å². The van der Waals surface area contributed by atoms with Crippen LogP contribution in [0.4, 0.5) is 5.82 Å². The summed E-state index contributed by atoms with van der Waals surface area (Å²) in [7, 11) is 0. The van der Waals surface area contributed by atoms with Crippen molar-refractivity contribution in [2.75, 3.05) is 31.1 Å². The number of rotatable bonds is 3. The molecule has 0 atom stereocenters. The zero-order valence-electron chi connectivity index (χ0n) is 13.7. The number of aromatic nitrogens is 3. The largest absolute Gasteiger partial charge is 0.352 e. The standard InChI is InChI=1S/C16H21N5OS/c1-11(2)15-19-12(3)14(23-15)16(22)21-8-6-20(7-9-21)13-10-17-4-5-18-13/h4-5,10-11H,6-9H2,1-3H3. The summed E-state index contributed by atoms with van der Waals surface area (Å²) in [5.74, 6) is 1.33. The van der Waals surface area contributed by atoms with E-state index < -0.39 is 0 Å². The van der Waals surface area contributed by atoms with Crippen LogP contribution in [0.2, 0.25) is 0 Å². The molecule has 122 valence electrons. The Balaban J connectivity index is 1.67. The first-order chi connectivity index (χ1) is 11.1. The maximum Gasteiger partial charge on any atom is 0.265 e. The highest BCUT2D eigenvalue weighted by Gasteiger charge is 2.26. The molecule has 0 saturated carbocycles. The number of amides is 1. The van der Waals surface area contributed by atoms with Crippen LogP contribution in [-0.4, -0.2) is 51.9 Å². The van der Waals surface area contributed by atoms with E-state index in [2.05, 4.69) is 33.7 Å². The van der Waals surface area contributed by atoms with Crippen molar-refractivity contribution in [2.45, 2.75) is 26.7 Å². The normalized spacial score (nSPS) is 15.3. The fourth-order valence-electron chi connectivity index (χ4n) is 2.60. The van der Waals surface area contributed by atoms with E-state index >= 15 is 0 Å². The van der Waals surface area contributed by atoms with Gasteiger partial charge in [-0.15, -0.1) is 11.3 Å². The lowest BCUT2D eigenvalue weighted by Gasteiger charge is -2.35. The lowest BCUT2D eigenvalue weighted by Crippen LogP contribution is -2.49. The van der Waals surface area contributed by atoms with Gasteiger partial charge in [-0.1, -0.05) is 13.8 Å². The quantitative estimate of drug-likeness (QED) is 0.864. The molecule has 1 aliphatic rings. The number of nitrogens with zero attached hydrogens (tertiary/aromatic N) is 5. The molecule has 1 amide bonds. The molecule has 1 saturated heterocycles. The van der Waals surface area contributed by atoms with Crippen LogP contribution in [0.25, 0.3) is 0 Å². The minimum Gasteiger partial charge on any atom is -0.352 e. The second-order valence-electron chi connectivity index (χ2n) is 5.96. The third-order valence-electron chi connectivity index (χ3n) is 3.94. The zero-order valence-corrected chi connectivity index (χ0v) is 14.5. The van der Waals surface area contributed by atoms with E-state index in [1.54, 1.807) is 18.6 Å². The molecule has 7 heteroatoms. The molecule has 3 rings (SSSR count). The Morgan fingerprint density at radius 3 is 2.52 bits per heavy atom. The molecule has 0 aliphatic carbocycles. The number of aryl methyl sites for hydroxylation is 1. The molecule has 1 fully saturated rings. The summed E-state index contributed by atoms with van der Waals surface area (Å²) >= 11 is 1.53. The molecule has 2 aromatic rings. The van der Waals surface area contributed by atoms with Gasteiger partial charge in [-0.3, -0.25) is 9.78 Å². The van der Waals surface area contributed by atoms with E-state index in [9.17, 15) is 4.79 Å². The molecule has 3 heterocycles. The molecule has 0 radical (unpaired) electrons. The van der Waals surface area contributed by atoms with Crippen LogP contribution >= 0.6 is 11.3 Å². The smallest absolute Gasteiger partial charge is 0.265 e. The molecule has 2 aromatic heterocycles. The van der Waals surface area contributed by atoms with Crippen LogP contribution in [0.3, 0.4) is 0 Å². The van der Waals surface area contributed by atoms with Crippen LogP contribution in [0, 0.1) is 6.92 Å². The summed E-state index contributed by atoms with van der Waals surface area (Å²) in [5.41, 5.74) is 0.847. The van der Waals surface area contributed by atoms with Gasteiger partial charge in [-0.25, -0.2) is 9.97 Å². The molecule has 0 spiro atoms. The summed E-state index contributed by atoms with van der Waals surface area (Å²) in [6.45, 7) is 9.08. The highest BCUT2D eigenvalue weighted by molar-refractivity contribution is 7.13. The monoisotopic (exact) mass is 331 g/mol. The van der Waals surface area contributed by atoms with E-state index in [1.807, 2.05) is 11.8 Å². The van der Waals surface area contributed by atoms with Crippen LogP contribution < -0.4 is 4.90 Å². The SMILES string of the molecule is Cc1nc(C(C)C)sc1C(=O)N1CCN(c2cnccn2)CC1. The van der Waals surface area contributed by atoms with Crippen molar-refractivity contribution >= 4 is 23.1 Å². The molecule has 0 bridgehead atoms. The van der Waals surface area contributed by atoms with Gasteiger partial charge < -0.3 is 9.80 Å². The van der Waals surface area contributed by atoms with Crippen molar-refractivity contribution in [3.8, 4) is 0 Å². The third kappa shape index (κ3) is 3.34. The van der Waals surface area contributed by atoms with Crippen LogP contribution in [0.1, 0.15) is 40.1 Å². The Kier molecular flexibility index (Phi) is 4.56. The van der Waals surface area contributed by atoms with E-state index in [0.29, 0.717) is 19.0 Å². The summed E-state index contributed by atoms with van der Waals surface area (Å²) in [5, 5.41) is 1.03. The van der Waals surface area contributed by atoms with Crippen molar-refractivity contribution < 1.29 is 4.79 Å². The van der Waals surface area contributed by atoms with Gasteiger partial charge in [0.25, 0.3) is 5.91 Å². The average molecular weight is 331 g/mol. The van der Waals surface area contributed by atoms with Crippen molar-refractivity contribution in [2.24, 2.45) is 0 Å². The first kappa shape index (κ1) is 15.9. The van der Waals surface area contributed by atoms with Gasteiger partial charge in [0, 0.05) is 44.5 Å². The summed E-state index contributed by atoms with van der Waals surface area (Å²) in [6, 6.07) is 0. The maximum absolute atomic E-state index is 12.7. The Labute approximate surface area is 140 Å². The highest BCUT2D eigenvalue weighted by atomic mass is 32.1. The topological polar surface area (TPSA) is 62.2 Å². The molecule has 23 heavy (non-hydrogen) atoms. The minimum atomic E-state index is 0.102. The van der Waals surface area contributed by atoms with Gasteiger partial charge >= 0.3 is 0 Å². The molecule has 0 unspecified atom stereocenters. The molecular formula is C16H21N5OS. The van der Waals surface area contributed by atoms with E-state index in [1.165, 1.54) is 11.3 Å². The first-order valence-corrected chi connectivity index (χ1v) is 8.65. The van der Waals surface area contributed by atoms with Gasteiger partial charge in [0.2, 0.25) is 0 Å². The van der Waals surface area contributed by atoms with Crippen molar-refractivity contribution in [3.05, 3.63) is 34.2 Å². The van der Waals surface area contributed by atoms with Crippen LogP contribution in [-0.2, 0) is 0 Å². The molecule has 0 N–H and O–H groups in total. The van der Waals surface area contributed by atoms with Gasteiger partial charge in [0.1, 0.15) is 10.7 Å². The van der Waals surface area contributed by atoms with Crippen molar-refractivity contribution in [1.29, 1.82) is 0 Å². The Morgan fingerprint density at radius 1 is 1.22 bits per heavy atom. The third-order valence-corrected chi connectivity index (χ3v) is 5.39. The van der Waals surface area contributed by atoms with Crippen molar-refractivity contribution in [3.63, 3.8) is 0 Å². The number of piperazine rings is 1. The van der Waals surface area contributed by atoms with E-state index in [-0.39, 0.29) is 5.91 Å². The Hall–Kier alpha value is -2.02. The summed E-state index contributed by atoms with van der Waals surface area (Å²) < 4.78 is 0. The Morgan fingerprint density at radius 2 is 1.96 bits per heavy atom. The van der Waals surface area contributed by atoms with E-state index in [0.717, 1.165) is 34.5 Å². The molecule has 1 aliphatic heterocycles. The predicted octanol–water partition coefficient (Wildman–Crippen LogP) is 2.33. The van der Waals surface area contributed by atoms with Gasteiger partial charge in [-0.05, 0) is 6.92 Å². The number of carbonyl (C=O) groups is 1. The number of anilines is 1. The number of thiazole rings is 1. The Bertz CT molecular complexity index is 677. The lowest BCUT2D eigenvalue weighted by molar-refractivity contribution is 0.0750. The molecule has 6 nitrogen and oxygen atoms in total.